The summed E-state index contributed by atoms with van der Waals surface area (Å²) in [6.45, 7) is -0.126. The Morgan fingerprint density at radius 3 is 2.11 bits per heavy atom. The van der Waals surface area contributed by atoms with Crippen molar-refractivity contribution in [2.24, 2.45) is 0 Å². The second-order valence-electron chi connectivity index (χ2n) is 5.48. The quantitative estimate of drug-likeness (QED) is 0.765. The van der Waals surface area contributed by atoms with E-state index in [1.165, 1.54) is 14.2 Å². The van der Waals surface area contributed by atoms with Crippen LogP contribution >= 0.6 is 0 Å². The summed E-state index contributed by atoms with van der Waals surface area (Å²) < 4.78 is 67.4. The molecular weight excluding hydrogens is 384 g/mol. The zero-order valence-electron chi connectivity index (χ0n) is 14.7. The van der Waals surface area contributed by atoms with Crippen molar-refractivity contribution in [3.63, 3.8) is 0 Å². The molecule has 0 unspecified atom stereocenters. The zero-order valence-corrected chi connectivity index (χ0v) is 15.5. The highest BCUT2D eigenvalue weighted by Crippen LogP contribution is 2.26. The molecule has 10 heteroatoms. The average molecular weight is 401 g/mol. The van der Waals surface area contributed by atoms with Gasteiger partial charge in [0.05, 0.1) is 26.0 Å². The molecule has 1 amide bonds. The first kappa shape index (κ1) is 20.4. The Morgan fingerprint density at radius 2 is 1.59 bits per heavy atom. The van der Waals surface area contributed by atoms with Crippen molar-refractivity contribution < 1.29 is 36.2 Å². The fourth-order valence-corrected chi connectivity index (χ4v) is 2.59. The number of methoxy groups -OCH3 is 2. The van der Waals surface area contributed by atoms with Crippen molar-refractivity contribution in [2.45, 2.75) is 6.61 Å². The van der Waals surface area contributed by atoms with E-state index in [9.17, 15) is 22.0 Å². The molecule has 27 heavy (non-hydrogen) atoms. The van der Waals surface area contributed by atoms with Crippen molar-refractivity contribution in [3.05, 3.63) is 53.1 Å². The Balaban J connectivity index is 2.21. The lowest BCUT2D eigenvalue weighted by Gasteiger charge is -2.12. The first-order valence-electron chi connectivity index (χ1n) is 7.49. The number of carbonyl (C=O) groups excluding carboxylic acids is 1. The predicted molar refractivity (Wildman–Crippen MR) is 92.5 cm³/mol. The standard InChI is InChI=1S/C17H17F2NO6S/c1-24-11-4-10(5-12(6-11)25-2)9-26-16-8-14(18)13(7-15(16)19)17(21)20-27(3,22)23/h4-8H,9H2,1-3H3,(H,20,21). The van der Waals surface area contributed by atoms with E-state index in [1.807, 2.05) is 0 Å². The highest BCUT2D eigenvalue weighted by atomic mass is 32.2. The maximum atomic E-state index is 14.1. The number of amides is 1. The summed E-state index contributed by atoms with van der Waals surface area (Å²) >= 11 is 0. The van der Waals surface area contributed by atoms with Gasteiger partial charge in [0, 0.05) is 12.1 Å². The molecule has 0 spiro atoms. The summed E-state index contributed by atoms with van der Waals surface area (Å²) in [4.78, 5) is 11.7. The molecule has 1 N–H and O–H groups in total. The van der Waals surface area contributed by atoms with Crippen LogP contribution in [0.3, 0.4) is 0 Å². The van der Waals surface area contributed by atoms with E-state index in [0.29, 0.717) is 29.2 Å². The van der Waals surface area contributed by atoms with Crippen LogP contribution in [0.4, 0.5) is 8.78 Å². The summed E-state index contributed by atoms with van der Waals surface area (Å²) in [5, 5.41) is 0. The van der Waals surface area contributed by atoms with Crippen LogP contribution in [0, 0.1) is 11.6 Å². The molecule has 0 radical (unpaired) electrons. The van der Waals surface area contributed by atoms with Crippen molar-refractivity contribution in [1.29, 1.82) is 0 Å². The van der Waals surface area contributed by atoms with Crippen molar-refractivity contribution in [1.82, 2.24) is 4.72 Å². The minimum absolute atomic E-state index is 0.126. The predicted octanol–water partition coefficient (Wildman–Crippen LogP) is 2.25. The van der Waals surface area contributed by atoms with Crippen LogP contribution in [0.1, 0.15) is 15.9 Å². The van der Waals surface area contributed by atoms with Crippen molar-refractivity contribution in [3.8, 4) is 17.2 Å². The van der Waals surface area contributed by atoms with Gasteiger partial charge in [-0.15, -0.1) is 0 Å². The van der Waals surface area contributed by atoms with E-state index >= 15 is 0 Å². The maximum absolute atomic E-state index is 14.1. The molecule has 2 aromatic rings. The molecule has 146 valence electrons. The fourth-order valence-electron chi connectivity index (χ4n) is 2.15. The number of halogens is 2. The minimum Gasteiger partial charge on any atom is -0.497 e. The second kappa shape index (κ2) is 8.21. The Labute approximate surface area is 154 Å². The fraction of sp³-hybridized carbons (Fsp3) is 0.235. The molecule has 0 aliphatic heterocycles. The number of carbonyl (C=O) groups is 1. The number of ether oxygens (including phenoxy) is 3. The topological polar surface area (TPSA) is 90.9 Å². The molecule has 0 aliphatic carbocycles. The molecule has 0 fully saturated rings. The number of nitrogens with one attached hydrogen (secondary N) is 1. The molecule has 0 saturated carbocycles. The molecule has 7 nitrogen and oxygen atoms in total. The largest absolute Gasteiger partial charge is 0.497 e. The smallest absolute Gasteiger partial charge is 0.267 e. The zero-order chi connectivity index (χ0) is 20.2. The summed E-state index contributed by atoms with van der Waals surface area (Å²) in [5.41, 5.74) is -0.182. The third kappa shape index (κ3) is 5.55. The average Bonchev–Trinajstić information content (AvgIpc) is 2.60. The van der Waals surface area contributed by atoms with Crippen LogP contribution in [-0.4, -0.2) is 34.8 Å². The Morgan fingerprint density at radius 1 is 1.00 bits per heavy atom. The number of hydrogen-bond acceptors (Lipinski definition) is 6. The summed E-state index contributed by atoms with van der Waals surface area (Å²) in [7, 11) is -0.980. The van der Waals surface area contributed by atoms with E-state index in [4.69, 9.17) is 14.2 Å². The highest BCUT2D eigenvalue weighted by molar-refractivity contribution is 7.89. The van der Waals surface area contributed by atoms with Crippen LogP contribution in [0.5, 0.6) is 17.2 Å². The van der Waals surface area contributed by atoms with Crippen LogP contribution in [0.2, 0.25) is 0 Å². The number of sulfonamides is 1. The second-order valence-corrected chi connectivity index (χ2v) is 7.22. The van der Waals surface area contributed by atoms with Gasteiger partial charge in [0.2, 0.25) is 10.0 Å². The van der Waals surface area contributed by atoms with Crippen LogP contribution in [0.15, 0.2) is 30.3 Å². The SMILES string of the molecule is COc1cc(COc2cc(F)c(C(=O)NS(C)(=O)=O)cc2F)cc(OC)c1. The van der Waals surface area contributed by atoms with Gasteiger partial charge in [-0.25, -0.2) is 21.9 Å². The third-order valence-electron chi connectivity index (χ3n) is 3.35. The third-order valence-corrected chi connectivity index (χ3v) is 3.91. The first-order chi connectivity index (χ1) is 12.6. The summed E-state index contributed by atoms with van der Waals surface area (Å²) in [6.07, 6.45) is 0.721. The monoisotopic (exact) mass is 401 g/mol. The molecular formula is C17H17F2NO6S. The van der Waals surface area contributed by atoms with E-state index in [1.54, 1.807) is 22.9 Å². The van der Waals surface area contributed by atoms with Gasteiger partial charge in [0.15, 0.2) is 11.6 Å². The molecule has 0 bridgehead atoms. The van der Waals surface area contributed by atoms with Gasteiger partial charge in [-0.3, -0.25) is 4.79 Å². The lowest BCUT2D eigenvalue weighted by atomic mass is 10.2. The first-order valence-corrected chi connectivity index (χ1v) is 9.38. The van der Waals surface area contributed by atoms with Crippen LogP contribution in [0.25, 0.3) is 0 Å². The van der Waals surface area contributed by atoms with Gasteiger partial charge in [-0.05, 0) is 23.8 Å². The number of rotatable bonds is 7. The van der Waals surface area contributed by atoms with Crippen molar-refractivity contribution >= 4 is 15.9 Å². The highest BCUT2D eigenvalue weighted by Gasteiger charge is 2.19. The van der Waals surface area contributed by atoms with Gasteiger partial charge in [-0.1, -0.05) is 0 Å². The van der Waals surface area contributed by atoms with E-state index in [2.05, 4.69) is 0 Å². The molecule has 0 atom stereocenters. The molecule has 0 heterocycles. The molecule has 2 aromatic carbocycles. The lowest BCUT2D eigenvalue weighted by Crippen LogP contribution is -2.30. The van der Waals surface area contributed by atoms with Gasteiger partial charge < -0.3 is 14.2 Å². The summed E-state index contributed by atoms with van der Waals surface area (Å²) in [6, 6.07) is 6.13. The lowest BCUT2D eigenvalue weighted by molar-refractivity contribution is 0.0977. The summed E-state index contributed by atoms with van der Waals surface area (Å²) in [5.74, 6) is -2.89. The molecule has 0 saturated heterocycles. The van der Waals surface area contributed by atoms with E-state index in [0.717, 1.165) is 6.26 Å². The Bertz CT molecular complexity index is 940. The maximum Gasteiger partial charge on any atom is 0.267 e. The van der Waals surface area contributed by atoms with E-state index < -0.39 is 38.9 Å². The Kier molecular flexibility index (Phi) is 6.21. The van der Waals surface area contributed by atoms with Gasteiger partial charge in [-0.2, -0.15) is 0 Å². The molecule has 0 aromatic heterocycles. The number of benzene rings is 2. The normalized spacial score (nSPS) is 11.0. The molecule has 2 rings (SSSR count). The van der Waals surface area contributed by atoms with Crippen LogP contribution in [-0.2, 0) is 16.6 Å². The van der Waals surface area contributed by atoms with Gasteiger partial charge >= 0.3 is 0 Å². The van der Waals surface area contributed by atoms with Crippen LogP contribution < -0.4 is 18.9 Å². The van der Waals surface area contributed by atoms with Crippen molar-refractivity contribution in [2.75, 3.05) is 20.5 Å². The Hall–Kier alpha value is -2.88. The number of hydrogen-bond donors (Lipinski definition) is 1. The molecule has 0 aliphatic rings. The minimum atomic E-state index is -3.91. The van der Waals surface area contributed by atoms with Gasteiger partial charge in [0.25, 0.3) is 5.91 Å². The van der Waals surface area contributed by atoms with Gasteiger partial charge in [0.1, 0.15) is 23.9 Å². The van der Waals surface area contributed by atoms with E-state index in [-0.39, 0.29) is 6.61 Å².